The van der Waals surface area contributed by atoms with Crippen LogP contribution in [0.5, 0.6) is 0 Å². The molecule has 0 heteroatoms. The lowest BCUT2D eigenvalue weighted by Crippen LogP contribution is -2.27. The van der Waals surface area contributed by atoms with E-state index in [0.717, 1.165) is 112 Å². The van der Waals surface area contributed by atoms with Gasteiger partial charge in [-0.15, -0.1) is 0 Å². The summed E-state index contributed by atoms with van der Waals surface area (Å²) in [5.41, 5.74) is 0. The molecule has 0 aliphatic heterocycles. The predicted molar refractivity (Wildman–Crippen MR) is 304 cm³/mol. The zero-order valence-electron chi connectivity index (χ0n) is 45.8. The lowest BCUT2D eigenvalue weighted by molar-refractivity contribution is 0.168. The smallest absolute Gasteiger partial charge is 0.0102 e. The molecule has 8 saturated carbocycles. The number of hydrogen-bond acceptors (Lipinski definition) is 0. The van der Waals surface area contributed by atoms with Gasteiger partial charge in [-0.05, 0) is 271 Å². The van der Waals surface area contributed by atoms with Gasteiger partial charge in [-0.25, -0.2) is 0 Å². The number of hydrogen-bond donors (Lipinski definition) is 0. The van der Waals surface area contributed by atoms with E-state index in [1.54, 1.807) is 0 Å². The highest BCUT2D eigenvalue weighted by Crippen LogP contribution is 2.65. The molecule has 0 radical (unpaired) electrons. The minimum Gasteiger partial charge on any atom is -0.0914 e. The lowest BCUT2D eigenvalue weighted by Gasteiger charge is -2.33. The van der Waals surface area contributed by atoms with E-state index < -0.39 is 0 Å². The summed E-state index contributed by atoms with van der Waals surface area (Å²) >= 11 is 0. The van der Waals surface area contributed by atoms with Crippen molar-refractivity contribution in [2.24, 2.45) is 166 Å². The van der Waals surface area contributed by atoms with Crippen molar-refractivity contribution in [3.8, 4) is 0 Å². The molecule has 11 aliphatic carbocycles. The van der Waals surface area contributed by atoms with Gasteiger partial charge in [-0.3, -0.25) is 0 Å². The first kappa shape index (κ1) is 50.1. The lowest BCUT2D eigenvalue weighted by atomic mass is 9.72. The zero-order valence-corrected chi connectivity index (χ0v) is 45.8. The van der Waals surface area contributed by atoms with Crippen molar-refractivity contribution in [3.05, 3.63) is 146 Å². The molecule has 71 heavy (non-hydrogen) atoms. The number of rotatable bonds is 15. The Morgan fingerprint density at radius 3 is 1.48 bits per heavy atom. The molecule has 2 bridgehead atoms. The molecule has 0 spiro atoms. The van der Waals surface area contributed by atoms with Gasteiger partial charge in [0.05, 0.1) is 0 Å². The summed E-state index contributed by atoms with van der Waals surface area (Å²) in [6, 6.07) is 0. The monoisotopic (exact) mass is 951 g/mol. The zero-order chi connectivity index (χ0) is 48.9. The Morgan fingerprint density at radius 2 is 0.817 bits per heavy atom. The second-order valence-electron chi connectivity index (χ2n) is 26.7. The van der Waals surface area contributed by atoms with E-state index in [0.29, 0.717) is 53.3 Å². The number of allylic oxidation sites excluding steroid dienone is 24. The molecular weight excluding hydrogens is 853 g/mol. The summed E-state index contributed by atoms with van der Waals surface area (Å²) in [4.78, 5) is 0. The Balaban J connectivity index is 0.816. The van der Waals surface area contributed by atoms with Crippen LogP contribution in [0.4, 0.5) is 0 Å². The first-order chi connectivity index (χ1) is 34.7. The van der Waals surface area contributed by atoms with Gasteiger partial charge in [-0.2, -0.15) is 0 Å². The van der Waals surface area contributed by atoms with Crippen molar-refractivity contribution in [1.82, 2.24) is 0 Å². The van der Waals surface area contributed by atoms with Gasteiger partial charge in [0.15, 0.2) is 0 Å². The maximum absolute atomic E-state index is 2.87. The van der Waals surface area contributed by atoms with Crippen LogP contribution in [0.3, 0.4) is 0 Å². The van der Waals surface area contributed by atoms with Gasteiger partial charge < -0.3 is 0 Å². The molecule has 0 nitrogen and oxygen atoms in total. The average Bonchev–Trinajstić information content (AvgIpc) is 4.21. The van der Waals surface area contributed by atoms with Crippen LogP contribution in [-0.4, -0.2) is 0 Å². The summed E-state index contributed by atoms with van der Waals surface area (Å²) in [6.45, 7) is 19.2. The maximum Gasteiger partial charge on any atom is -0.0102 e. The molecular formula is C71H98. The van der Waals surface area contributed by atoms with Gasteiger partial charge in [-0.1, -0.05) is 167 Å². The van der Waals surface area contributed by atoms with Crippen LogP contribution >= 0.6 is 0 Å². The third-order valence-electron chi connectivity index (χ3n) is 23.7. The number of fused-ring (bicyclic) bond motifs is 6. The molecule has 11 aliphatic rings. The SMILES string of the molecule is C/C=C/C1CC(/C=C/C2CC(/C=C/C3CC(/C=C/C4C5C=CC(C5)C4/C=C/C)C4C(C)C(C5CC6C(/C=C/C)CC(/C=C/C)C6C5C)CC34)C3C=CCC23)C(C/C=C/C2CC(C)C3CC=CC23)C1/C=C/C. The third-order valence-corrected chi connectivity index (χ3v) is 23.7. The van der Waals surface area contributed by atoms with E-state index >= 15 is 0 Å². The summed E-state index contributed by atoms with van der Waals surface area (Å²) in [5, 5.41) is 0. The Bertz CT molecular complexity index is 2210. The molecule has 382 valence electrons. The van der Waals surface area contributed by atoms with Crippen LogP contribution in [-0.2, 0) is 0 Å². The van der Waals surface area contributed by atoms with Crippen molar-refractivity contribution in [2.75, 3.05) is 0 Å². The van der Waals surface area contributed by atoms with Gasteiger partial charge in [0.1, 0.15) is 0 Å². The van der Waals surface area contributed by atoms with Crippen LogP contribution in [0.15, 0.2) is 146 Å². The highest BCUT2D eigenvalue weighted by molar-refractivity contribution is 5.25. The minimum absolute atomic E-state index is 0.630. The van der Waals surface area contributed by atoms with Crippen molar-refractivity contribution >= 4 is 0 Å². The van der Waals surface area contributed by atoms with Gasteiger partial charge >= 0.3 is 0 Å². The van der Waals surface area contributed by atoms with Crippen LogP contribution in [0.25, 0.3) is 0 Å². The Kier molecular flexibility index (Phi) is 15.2. The van der Waals surface area contributed by atoms with Crippen LogP contribution < -0.4 is 0 Å². The van der Waals surface area contributed by atoms with Gasteiger partial charge in [0.25, 0.3) is 0 Å². The molecule has 0 saturated heterocycles. The molecule has 0 aromatic carbocycles. The molecule has 28 atom stereocenters. The second-order valence-corrected chi connectivity index (χ2v) is 26.7. The first-order valence-corrected chi connectivity index (χ1v) is 30.6. The van der Waals surface area contributed by atoms with E-state index in [4.69, 9.17) is 0 Å². The maximum atomic E-state index is 2.87. The summed E-state index contributed by atoms with van der Waals surface area (Å²) in [5.74, 6) is 21.4. The van der Waals surface area contributed by atoms with Gasteiger partial charge in [0, 0.05) is 0 Å². The fourth-order valence-corrected chi connectivity index (χ4v) is 20.9. The third kappa shape index (κ3) is 9.31. The Labute approximate surface area is 435 Å². The van der Waals surface area contributed by atoms with Gasteiger partial charge in [0.2, 0.25) is 0 Å². The quantitative estimate of drug-likeness (QED) is 0.144. The molecule has 8 fully saturated rings. The molecule has 0 heterocycles. The predicted octanol–water partition coefficient (Wildman–Crippen LogP) is 18.5. The first-order valence-electron chi connectivity index (χ1n) is 30.6. The average molecular weight is 952 g/mol. The van der Waals surface area contributed by atoms with E-state index in [9.17, 15) is 0 Å². The topological polar surface area (TPSA) is 0 Å². The molecule has 11 rings (SSSR count). The molecule has 0 aromatic heterocycles. The van der Waals surface area contributed by atoms with E-state index in [2.05, 4.69) is 201 Å². The molecule has 0 aromatic rings. The summed E-state index contributed by atoms with van der Waals surface area (Å²) in [7, 11) is 0. The molecule has 0 amide bonds. The fraction of sp³-hybridized carbons (Fsp3) is 0.662. The summed E-state index contributed by atoms with van der Waals surface area (Å²) < 4.78 is 0. The van der Waals surface area contributed by atoms with E-state index in [1.165, 1.54) is 70.6 Å². The van der Waals surface area contributed by atoms with E-state index in [1.807, 2.05) is 0 Å². The normalized spacial score (nSPS) is 51.9. The highest BCUT2D eigenvalue weighted by Gasteiger charge is 2.59. The molecule has 0 N–H and O–H groups in total. The van der Waals surface area contributed by atoms with Crippen molar-refractivity contribution in [2.45, 2.75) is 126 Å². The highest BCUT2D eigenvalue weighted by atomic mass is 14.6. The standard InChI is InChI=1S/C71H98/c1-9-17-47-37-51(62(59(47)20-12-4)24-14-22-49-36-44(6)58-23-15-25-61(49)58)29-30-52-39-53(64-27-16-26-63(52)64)32-33-55-41-57(34-35-65-54-31-28-50(38-54)60(65)21-13-5)71-46(8)67(43-69(55)71)66-42-68-48(18-10-2)40-56(19-11-3)70(68)45(66)7/h9-22,25,27-35,44-71H,23-24,26,36-43H2,1-8H3/b17-9+,18-10+,19-11+,20-12+,21-13+,22-14+,30-29+,33-32+,35-34+. The fourth-order valence-electron chi connectivity index (χ4n) is 20.9. The van der Waals surface area contributed by atoms with E-state index in [-0.39, 0.29) is 0 Å². The van der Waals surface area contributed by atoms with Crippen LogP contribution in [0, 0.1) is 166 Å². The minimum atomic E-state index is 0.630. The second kappa shape index (κ2) is 21.6. The largest absolute Gasteiger partial charge is 0.0914 e. The van der Waals surface area contributed by atoms with Crippen molar-refractivity contribution < 1.29 is 0 Å². The van der Waals surface area contributed by atoms with Crippen molar-refractivity contribution in [1.29, 1.82) is 0 Å². The van der Waals surface area contributed by atoms with Crippen LogP contribution in [0.1, 0.15) is 126 Å². The molecule has 28 unspecified atom stereocenters. The summed E-state index contributed by atoms with van der Waals surface area (Å²) in [6.07, 6.45) is 77.2. The van der Waals surface area contributed by atoms with Crippen LogP contribution in [0.2, 0.25) is 0 Å². The Morgan fingerprint density at radius 1 is 0.352 bits per heavy atom. The van der Waals surface area contributed by atoms with Crippen molar-refractivity contribution in [3.63, 3.8) is 0 Å². The Hall–Kier alpha value is -3.12.